The Morgan fingerprint density at radius 2 is 2.00 bits per heavy atom. The van der Waals surface area contributed by atoms with Crippen LogP contribution in [0.5, 0.6) is 11.5 Å². The lowest BCUT2D eigenvalue weighted by molar-refractivity contribution is -0.142. The molecule has 0 aliphatic carbocycles. The van der Waals surface area contributed by atoms with Crippen molar-refractivity contribution < 1.29 is 19.4 Å². The van der Waals surface area contributed by atoms with Gasteiger partial charge in [-0.05, 0) is 13.0 Å². The minimum atomic E-state index is -0.349. The number of aromatic hydroxyl groups is 1. The minimum Gasteiger partial charge on any atom is -0.508 e. The van der Waals surface area contributed by atoms with E-state index in [-0.39, 0.29) is 18.1 Å². The SMILES string of the molecule is CC.CCOC(=O)Cc1ccc(OC)cc1O. The van der Waals surface area contributed by atoms with E-state index in [0.717, 1.165) is 0 Å². The number of hydrogen-bond acceptors (Lipinski definition) is 4. The van der Waals surface area contributed by atoms with Crippen LogP contribution in [0.1, 0.15) is 26.3 Å². The molecule has 0 atom stereocenters. The van der Waals surface area contributed by atoms with Gasteiger partial charge < -0.3 is 14.6 Å². The first-order valence-corrected chi connectivity index (χ1v) is 5.69. The van der Waals surface area contributed by atoms with E-state index in [0.29, 0.717) is 17.9 Å². The van der Waals surface area contributed by atoms with E-state index in [1.807, 2.05) is 13.8 Å². The minimum absolute atomic E-state index is 0.0439. The molecule has 0 heterocycles. The highest BCUT2D eigenvalue weighted by Crippen LogP contribution is 2.23. The number of rotatable bonds is 4. The van der Waals surface area contributed by atoms with Gasteiger partial charge in [-0.2, -0.15) is 0 Å². The van der Waals surface area contributed by atoms with E-state index in [9.17, 15) is 9.90 Å². The summed E-state index contributed by atoms with van der Waals surface area (Å²) >= 11 is 0. The van der Waals surface area contributed by atoms with Crippen LogP contribution >= 0.6 is 0 Å². The van der Waals surface area contributed by atoms with Gasteiger partial charge in [0, 0.05) is 11.6 Å². The summed E-state index contributed by atoms with van der Waals surface area (Å²) < 4.78 is 9.70. The van der Waals surface area contributed by atoms with E-state index in [1.165, 1.54) is 13.2 Å². The lowest BCUT2D eigenvalue weighted by Gasteiger charge is -2.06. The van der Waals surface area contributed by atoms with Crippen LogP contribution in [0.2, 0.25) is 0 Å². The predicted molar refractivity (Wildman–Crippen MR) is 66.3 cm³/mol. The highest BCUT2D eigenvalue weighted by atomic mass is 16.5. The number of benzene rings is 1. The van der Waals surface area contributed by atoms with Crippen LogP contribution in [0.15, 0.2) is 18.2 Å². The Bertz CT molecular complexity index is 347. The van der Waals surface area contributed by atoms with E-state index in [1.54, 1.807) is 19.1 Å². The molecular formula is C13H20O4. The molecule has 17 heavy (non-hydrogen) atoms. The van der Waals surface area contributed by atoms with Gasteiger partial charge in [-0.1, -0.05) is 19.9 Å². The molecule has 96 valence electrons. The average molecular weight is 240 g/mol. The Morgan fingerprint density at radius 1 is 1.35 bits per heavy atom. The maximum Gasteiger partial charge on any atom is 0.310 e. The number of methoxy groups -OCH3 is 1. The topological polar surface area (TPSA) is 55.8 Å². The second-order valence-electron chi connectivity index (χ2n) is 2.98. The predicted octanol–water partition coefficient (Wildman–Crippen LogP) is 2.53. The van der Waals surface area contributed by atoms with Gasteiger partial charge in [0.05, 0.1) is 20.1 Å². The molecule has 0 saturated carbocycles. The van der Waals surface area contributed by atoms with Crippen LogP contribution in [-0.2, 0) is 16.0 Å². The molecule has 1 N–H and O–H groups in total. The third-order valence-electron chi connectivity index (χ3n) is 1.93. The third-order valence-corrected chi connectivity index (χ3v) is 1.93. The molecule has 0 saturated heterocycles. The molecule has 0 aromatic heterocycles. The van der Waals surface area contributed by atoms with Crippen molar-refractivity contribution in [1.29, 1.82) is 0 Å². The zero-order chi connectivity index (χ0) is 13.3. The fourth-order valence-corrected chi connectivity index (χ4v) is 1.19. The molecule has 1 rings (SSSR count). The smallest absolute Gasteiger partial charge is 0.310 e. The van der Waals surface area contributed by atoms with E-state index >= 15 is 0 Å². The van der Waals surface area contributed by atoms with E-state index in [2.05, 4.69) is 0 Å². The standard InChI is InChI=1S/C11H14O4.C2H6/c1-3-15-11(13)6-8-4-5-9(14-2)7-10(8)12;1-2/h4-5,7,12H,3,6H2,1-2H3;1-2H3. The number of hydrogen-bond donors (Lipinski definition) is 1. The Hall–Kier alpha value is -1.71. The van der Waals surface area contributed by atoms with Crippen LogP contribution in [0.3, 0.4) is 0 Å². The summed E-state index contributed by atoms with van der Waals surface area (Å²) in [4.78, 5) is 11.2. The molecule has 0 radical (unpaired) electrons. The van der Waals surface area contributed by atoms with Gasteiger partial charge in [0.15, 0.2) is 0 Å². The maximum atomic E-state index is 11.2. The maximum absolute atomic E-state index is 11.2. The molecule has 1 aromatic carbocycles. The Labute approximate surface area is 102 Å². The number of carbonyl (C=O) groups is 1. The summed E-state index contributed by atoms with van der Waals surface area (Å²) in [6.45, 7) is 6.08. The molecule has 0 amide bonds. The molecular weight excluding hydrogens is 220 g/mol. The van der Waals surface area contributed by atoms with Crippen LogP contribution in [0, 0.1) is 0 Å². The van der Waals surface area contributed by atoms with Gasteiger partial charge in [-0.3, -0.25) is 4.79 Å². The molecule has 0 unspecified atom stereocenters. The number of ether oxygens (including phenoxy) is 2. The summed E-state index contributed by atoms with van der Waals surface area (Å²) in [5, 5.41) is 9.55. The van der Waals surface area contributed by atoms with E-state index in [4.69, 9.17) is 9.47 Å². The van der Waals surface area contributed by atoms with Gasteiger partial charge in [0.2, 0.25) is 0 Å². The van der Waals surface area contributed by atoms with Crippen molar-refractivity contribution in [2.45, 2.75) is 27.2 Å². The average Bonchev–Trinajstić information content (AvgIpc) is 2.34. The van der Waals surface area contributed by atoms with Crippen molar-refractivity contribution >= 4 is 5.97 Å². The van der Waals surface area contributed by atoms with Crippen molar-refractivity contribution in [1.82, 2.24) is 0 Å². The summed E-state index contributed by atoms with van der Waals surface area (Å²) in [6, 6.07) is 4.80. The van der Waals surface area contributed by atoms with Crippen molar-refractivity contribution in [2.24, 2.45) is 0 Å². The van der Waals surface area contributed by atoms with Crippen LogP contribution in [-0.4, -0.2) is 24.8 Å². The largest absolute Gasteiger partial charge is 0.508 e. The van der Waals surface area contributed by atoms with Gasteiger partial charge >= 0.3 is 5.97 Å². The fraction of sp³-hybridized carbons (Fsp3) is 0.462. The Kier molecular flexibility index (Phi) is 7.59. The molecule has 4 heteroatoms. The summed E-state index contributed by atoms with van der Waals surface area (Å²) in [7, 11) is 1.51. The lowest BCUT2D eigenvalue weighted by Crippen LogP contribution is -2.07. The summed E-state index contributed by atoms with van der Waals surface area (Å²) in [5.41, 5.74) is 0.536. The second kappa shape index (κ2) is 8.44. The molecule has 0 fully saturated rings. The molecule has 0 aliphatic rings. The van der Waals surface area contributed by atoms with Crippen molar-refractivity contribution in [3.63, 3.8) is 0 Å². The zero-order valence-electron chi connectivity index (χ0n) is 10.8. The van der Waals surface area contributed by atoms with Crippen molar-refractivity contribution in [3.05, 3.63) is 23.8 Å². The van der Waals surface area contributed by atoms with Crippen LogP contribution < -0.4 is 4.74 Å². The Balaban J connectivity index is 0.00000121. The number of phenolic OH excluding ortho intramolecular Hbond substituents is 1. The first-order valence-electron chi connectivity index (χ1n) is 5.69. The van der Waals surface area contributed by atoms with Gasteiger partial charge in [-0.15, -0.1) is 0 Å². The first kappa shape index (κ1) is 15.3. The van der Waals surface area contributed by atoms with Gasteiger partial charge in [0.1, 0.15) is 11.5 Å². The van der Waals surface area contributed by atoms with Crippen LogP contribution in [0.25, 0.3) is 0 Å². The highest BCUT2D eigenvalue weighted by molar-refractivity contribution is 5.73. The Morgan fingerprint density at radius 3 is 2.47 bits per heavy atom. The van der Waals surface area contributed by atoms with Crippen molar-refractivity contribution in [2.75, 3.05) is 13.7 Å². The molecule has 0 spiro atoms. The third kappa shape index (κ3) is 5.24. The van der Waals surface area contributed by atoms with E-state index < -0.39 is 0 Å². The van der Waals surface area contributed by atoms with Crippen LogP contribution in [0.4, 0.5) is 0 Å². The highest BCUT2D eigenvalue weighted by Gasteiger charge is 2.08. The summed E-state index contributed by atoms with van der Waals surface area (Å²) in [6.07, 6.45) is 0.0731. The lowest BCUT2D eigenvalue weighted by atomic mass is 10.1. The second-order valence-corrected chi connectivity index (χ2v) is 2.98. The van der Waals surface area contributed by atoms with Gasteiger partial charge in [-0.25, -0.2) is 0 Å². The number of phenols is 1. The van der Waals surface area contributed by atoms with Gasteiger partial charge in [0.25, 0.3) is 0 Å². The molecule has 0 aliphatic heterocycles. The fourth-order valence-electron chi connectivity index (χ4n) is 1.19. The molecule has 0 bridgehead atoms. The number of esters is 1. The zero-order valence-corrected chi connectivity index (χ0v) is 10.8. The number of carbonyl (C=O) groups excluding carboxylic acids is 1. The monoisotopic (exact) mass is 240 g/mol. The molecule has 4 nitrogen and oxygen atoms in total. The van der Waals surface area contributed by atoms with Crippen molar-refractivity contribution in [3.8, 4) is 11.5 Å². The first-order chi connectivity index (χ1) is 8.17. The quantitative estimate of drug-likeness (QED) is 0.822. The normalized spacial score (nSPS) is 8.94. The molecule has 1 aromatic rings. The summed E-state index contributed by atoms with van der Waals surface area (Å²) in [5.74, 6) is 0.250.